The number of nitrogens with zero attached hydrogens (tertiary/aromatic N) is 4. The van der Waals surface area contributed by atoms with E-state index in [0.29, 0.717) is 33.7 Å². The first-order valence-corrected chi connectivity index (χ1v) is 15.8. The van der Waals surface area contributed by atoms with Gasteiger partial charge in [0.2, 0.25) is 10.0 Å². The summed E-state index contributed by atoms with van der Waals surface area (Å²) in [5.41, 5.74) is 4.12. The predicted octanol–water partition coefficient (Wildman–Crippen LogP) is 4.98. The maximum Gasteiger partial charge on any atom is 0.272 e. The molecule has 3 fully saturated rings. The number of sulfonamides is 1. The third-order valence-electron chi connectivity index (χ3n) is 8.97. The quantitative estimate of drug-likeness (QED) is 0.386. The molecule has 6 rings (SSSR count). The van der Waals surface area contributed by atoms with E-state index in [1.165, 1.54) is 12.8 Å². The van der Waals surface area contributed by atoms with Crippen LogP contribution in [-0.4, -0.2) is 66.9 Å². The Morgan fingerprint density at radius 1 is 1.05 bits per heavy atom. The lowest BCUT2D eigenvalue weighted by Crippen LogP contribution is -2.56. The van der Waals surface area contributed by atoms with Crippen molar-refractivity contribution in [3.8, 4) is 0 Å². The minimum atomic E-state index is -3.47. The number of fused-ring (bicyclic) bond motifs is 1. The van der Waals surface area contributed by atoms with Crippen LogP contribution in [0.2, 0.25) is 0 Å². The lowest BCUT2D eigenvalue weighted by molar-refractivity contribution is -0.144. The molecule has 1 aliphatic carbocycles. The molecule has 2 aliphatic heterocycles. The van der Waals surface area contributed by atoms with Crippen LogP contribution in [0.1, 0.15) is 61.6 Å². The van der Waals surface area contributed by atoms with Crippen molar-refractivity contribution in [2.75, 3.05) is 46.9 Å². The second kappa shape index (κ2) is 9.94. The molecule has 1 atom stereocenters. The SMILES string of the molecule is CCS(=O)(=O)Nc1ccc(C(=O)Nc2ccc3c(c2)c([C@H](C)N2CC(F)(F)C2)nn3C)c(N2CCC3(CC2)CC3)c1. The van der Waals surface area contributed by atoms with Gasteiger partial charge in [0.15, 0.2) is 0 Å². The molecule has 12 heteroatoms. The molecule has 9 nitrogen and oxygen atoms in total. The Bertz CT molecular complexity index is 1600. The van der Waals surface area contributed by atoms with Crippen molar-refractivity contribution in [2.24, 2.45) is 12.5 Å². The largest absolute Gasteiger partial charge is 0.371 e. The van der Waals surface area contributed by atoms with E-state index in [-0.39, 0.29) is 30.8 Å². The van der Waals surface area contributed by atoms with Crippen molar-refractivity contribution in [1.82, 2.24) is 14.7 Å². The molecule has 1 amide bonds. The van der Waals surface area contributed by atoms with Gasteiger partial charge in [0, 0.05) is 31.2 Å². The number of carbonyl (C=O) groups excluding carboxylic acids is 1. The first-order chi connectivity index (χ1) is 19.4. The van der Waals surface area contributed by atoms with Gasteiger partial charge < -0.3 is 10.2 Å². The number of aryl methyl sites for hydroxylation is 1. The molecule has 3 aliphatic rings. The normalized spacial score (nSPS) is 20.6. The standard InChI is InChI=1S/C29H36F2N6O3S/c1-4-41(39,40)34-21-5-7-22(25(16-21)36-13-11-28(9-10-28)12-14-36)27(38)32-20-6-8-24-23(15-20)26(33-35(24)3)19(2)37-17-29(30,31)18-37/h5-8,15-16,19,34H,4,9-14,17-18H2,1-3H3,(H,32,38)/t19-/m0/s1. The van der Waals surface area contributed by atoms with Crippen molar-refractivity contribution in [3.63, 3.8) is 0 Å². The number of amides is 1. The zero-order valence-electron chi connectivity index (χ0n) is 23.6. The highest BCUT2D eigenvalue weighted by Gasteiger charge is 2.47. The van der Waals surface area contributed by atoms with Crippen LogP contribution >= 0.6 is 0 Å². The smallest absolute Gasteiger partial charge is 0.272 e. The number of halogens is 2. The van der Waals surface area contributed by atoms with Gasteiger partial charge in [0.1, 0.15) is 0 Å². The minimum absolute atomic E-state index is 0.0472. The Kier molecular flexibility index (Phi) is 6.76. The van der Waals surface area contributed by atoms with Crippen LogP contribution in [0.3, 0.4) is 0 Å². The second-order valence-electron chi connectivity index (χ2n) is 11.9. The maximum atomic E-state index is 13.7. The summed E-state index contributed by atoms with van der Waals surface area (Å²) in [4.78, 5) is 17.5. The highest BCUT2D eigenvalue weighted by Crippen LogP contribution is 2.54. The van der Waals surface area contributed by atoms with E-state index in [2.05, 4.69) is 20.0 Å². The number of hydrogen-bond acceptors (Lipinski definition) is 6. The van der Waals surface area contributed by atoms with Crippen LogP contribution in [-0.2, 0) is 17.1 Å². The van der Waals surface area contributed by atoms with Gasteiger partial charge in [-0.3, -0.25) is 19.1 Å². The fourth-order valence-corrected chi connectivity index (χ4v) is 6.70. The first kappa shape index (κ1) is 27.9. The molecular weight excluding hydrogens is 550 g/mol. The Hall–Kier alpha value is -3.25. The molecule has 1 saturated carbocycles. The topological polar surface area (TPSA) is 99.6 Å². The molecule has 41 heavy (non-hydrogen) atoms. The fourth-order valence-electron chi connectivity index (χ4n) is 6.07. The molecule has 1 spiro atoms. The van der Waals surface area contributed by atoms with Gasteiger partial charge in [-0.25, -0.2) is 17.2 Å². The molecule has 0 unspecified atom stereocenters. The highest BCUT2D eigenvalue weighted by molar-refractivity contribution is 7.92. The number of nitrogens with one attached hydrogen (secondary N) is 2. The third kappa shape index (κ3) is 5.51. The molecule has 220 valence electrons. The van der Waals surface area contributed by atoms with Crippen molar-refractivity contribution in [2.45, 2.75) is 51.5 Å². The molecular formula is C29H36F2N6O3S. The van der Waals surface area contributed by atoms with Crippen LogP contribution < -0.4 is 14.9 Å². The van der Waals surface area contributed by atoms with E-state index in [1.54, 1.807) is 40.8 Å². The van der Waals surface area contributed by atoms with Crippen LogP contribution in [0.4, 0.5) is 25.8 Å². The summed E-state index contributed by atoms with van der Waals surface area (Å²) in [5, 5.41) is 8.41. The van der Waals surface area contributed by atoms with E-state index in [9.17, 15) is 22.0 Å². The van der Waals surface area contributed by atoms with Gasteiger partial charge in [-0.1, -0.05) is 0 Å². The molecule has 2 aromatic carbocycles. The van der Waals surface area contributed by atoms with Gasteiger partial charge in [-0.2, -0.15) is 5.10 Å². The number of piperidine rings is 1. The predicted molar refractivity (Wildman–Crippen MR) is 156 cm³/mol. The second-order valence-corrected chi connectivity index (χ2v) is 13.9. The number of aromatic nitrogens is 2. The maximum absolute atomic E-state index is 13.7. The zero-order chi connectivity index (χ0) is 29.2. The highest BCUT2D eigenvalue weighted by atomic mass is 32.2. The molecule has 0 radical (unpaired) electrons. The summed E-state index contributed by atoms with van der Waals surface area (Å²) in [6.45, 7) is 4.47. The van der Waals surface area contributed by atoms with Crippen molar-refractivity contribution < 1.29 is 22.0 Å². The van der Waals surface area contributed by atoms with Gasteiger partial charge >= 0.3 is 0 Å². The fraction of sp³-hybridized carbons (Fsp3) is 0.517. The molecule has 2 N–H and O–H groups in total. The Labute approximate surface area is 238 Å². The first-order valence-electron chi connectivity index (χ1n) is 14.2. The average Bonchev–Trinajstić information content (AvgIpc) is 3.59. The van der Waals surface area contributed by atoms with Crippen LogP contribution in [0, 0.1) is 5.41 Å². The Balaban J connectivity index is 1.28. The van der Waals surface area contributed by atoms with E-state index in [1.807, 2.05) is 26.1 Å². The summed E-state index contributed by atoms with van der Waals surface area (Å²) in [6, 6.07) is 10.2. The number of hydrogen-bond donors (Lipinski definition) is 2. The lowest BCUT2D eigenvalue weighted by atomic mass is 9.93. The third-order valence-corrected chi connectivity index (χ3v) is 10.3. The van der Waals surface area contributed by atoms with Gasteiger partial charge in [0.25, 0.3) is 11.8 Å². The zero-order valence-corrected chi connectivity index (χ0v) is 24.4. The molecule has 3 heterocycles. The summed E-state index contributed by atoms with van der Waals surface area (Å²) < 4.78 is 55.9. The molecule has 2 saturated heterocycles. The molecule has 3 aromatic rings. The van der Waals surface area contributed by atoms with E-state index >= 15 is 0 Å². The van der Waals surface area contributed by atoms with Crippen molar-refractivity contribution >= 4 is 43.9 Å². The Morgan fingerprint density at radius 2 is 1.73 bits per heavy atom. The summed E-state index contributed by atoms with van der Waals surface area (Å²) in [7, 11) is -1.66. The van der Waals surface area contributed by atoms with Crippen LogP contribution in [0.25, 0.3) is 10.9 Å². The summed E-state index contributed by atoms with van der Waals surface area (Å²) in [6.07, 6.45) is 4.62. The molecule has 0 bridgehead atoms. The van der Waals surface area contributed by atoms with Crippen LogP contribution in [0.5, 0.6) is 0 Å². The van der Waals surface area contributed by atoms with Crippen LogP contribution in [0.15, 0.2) is 36.4 Å². The van der Waals surface area contributed by atoms with Crippen molar-refractivity contribution in [3.05, 3.63) is 47.7 Å². The van der Waals surface area contributed by atoms with Gasteiger partial charge in [0.05, 0.1) is 53.0 Å². The number of benzene rings is 2. The number of anilines is 3. The van der Waals surface area contributed by atoms with Gasteiger partial charge in [-0.05, 0) is 81.3 Å². The summed E-state index contributed by atoms with van der Waals surface area (Å²) >= 11 is 0. The Morgan fingerprint density at radius 3 is 2.37 bits per heavy atom. The number of alkyl halides is 2. The van der Waals surface area contributed by atoms with E-state index in [4.69, 9.17) is 0 Å². The average molecular weight is 587 g/mol. The van der Waals surface area contributed by atoms with E-state index < -0.39 is 15.9 Å². The number of carbonyl (C=O) groups is 1. The summed E-state index contributed by atoms with van der Waals surface area (Å²) in [5.74, 6) is -3.03. The molecule has 1 aromatic heterocycles. The number of likely N-dealkylation sites (tertiary alicyclic amines) is 1. The monoisotopic (exact) mass is 586 g/mol. The lowest BCUT2D eigenvalue weighted by Gasteiger charge is -2.42. The van der Waals surface area contributed by atoms with Gasteiger partial charge in [-0.15, -0.1) is 0 Å². The minimum Gasteiger partial charge on any atom is -0.371 e. The van der Waals surface area contributed by atoms with E-state index in [0.717, 1.165) is 36.8 Å². The number of rotatable bonds is 8. The van der Waals surface area contributed by atoms with Crippen molar-refractivity contribution in [1.29, 1.82) is 0 Å².